The fraction of sp³-hybridized carbons (Fsp3) is 0.533. The van der Waals surface area contributed by atoms with Crippen molar-refractivity contribution in [3.05, 3.63) is 18.2 Å². The zero-order valence-electron chi connectivity index (χ0n) is 13.4. The third-order valence-electron chi connectivity index (χ3n) is 4.02. The van der Waals surface area contributed by atoms with Crippen LogP contribution in [0.5, 0.6) is 5.75 Å². The molecule has 0 bridgehead atoms. The van der Waals surface area contributed by atoms with Gasteiger partial charge in [-0.2, -0.15) is 0 Å². The lowest BCUT2D eigenvalue weighted by atomic mass is 10.2. The van der Waals surface area contributed by atoms with Crippen LogP contribution < -0.4 is 14.8 Å². The van der Waals surface area contributed by atoms with E-state index in [1.54, 1.807) is 13.0 Å². The molecule has 1 saturated heterocycles. The quantitative estimate of drug-likeness (QED) is 0.773. The molecule has 0 spiro atoms. The van der Waals surface area contributed by atoms with E-state index in [9.17, 15) is 13.2 Å². The highest BCUT2D eigenvalue weighted by Crippen LogP contribution is 2.31. The van der Waals surface area contributed by atoms with E-state index in [0.717, 1.165) is 13.1 Å². The predicted molar refractivity (Wildman–Crippen MR) is 87.6 cm³/mol. The number of rotatable bonds is 5. The number of hydrogen-bond donors (Lipinski definition) is 2. The molecule has 2 heterocycles. The molecule has 8 nitrogen and oxygen atoms in total. The molecular formula is C15H21N3O5S. The molecule has 2 aliphatic rings. The van der Waals surface area contributed by atoms with Crippen LogP contribution in [0.4, 0.5) is 5.69 Å². The molecule has 0 aliphatic carbocycles. The Morgan fingerprint density at radius 2 is 2.08 bits per heavy atom. The molecule has 132 valence electrons. The summed E-state index contributed by atoms with van der Waals surface area (Å²) in [5.41, 5.74) is 0.370. The van der Waals surface area contributed by atoms with Crippen molar-refractivity contribution in [1.82, 2.24) is 9.62 Å². The number of nitrogens with one attached hydrogen (secondary N) is 2. The predicted octanol–water partition coefficient (Wildman–Crippen LogP) is 0.0165. The maximum atomic E-state index is 12.4. The lowest BCUT2D eigenvalue weighted by Gasteiger charge is -2.26. The van der Waals surface area contributed by atoms with Crippen molar-refractivity contribution in [2.45, 2.75) is 17.9 Å². The van der Waals surface area contributed by atoms with E-state index in [0.29, 0.717) is 37.7 Å². The number of nitrogens with zero attached hydrogens (tertiary/aromatic N) is 1. The summed E-state index contributed by atoms with van der Waals surface area (Å²) in [5, 5.41) is 2.65. The minimum atomic E-state index is -3.64. The fourth-order valence-corrected chi connectivity index (χ4v) is 3.65. The molecule has 2 N–H and O–H groups in total. The van der Waals surface area contributed by atoms with Crippen molar-refractivity contribution >= 4 is 21.6 Å². The van der Waals surface area contributed by atoms with Crippen molar-refractivity contribution < 1.29 is 22.7 Å². The SMILES string of the molecule is CC1Oc2ccc(S(=O)(=O)NCCN3CCOCC3)cc2NC1=O. The van der Waals surface area contributed by atoms with Gasteiger partial charge in [0.2, 0.25) is 10.0 Å². The first-order valence-electron chi connectivity index (χ1n) is 7.87. The molecule has 2 aliphatic heterocycles. The van der Waals surface area contributed by atoms with Crippen molar-refractivity contribution in [3.63, 3.8) is 0 Å². The zero-order chi connectivity index (χ0) is 17.2. The van der Waals surface area contributed by atoms with E-state index < -0.39 is 16.1 Å². The summed E-state index contributed by atoms with van der Waals surface area (Å²) in [7, 11) is -3.64. The number of fused-ring (bicyclic) bond motifs is 1. The molecule has 9 heteroatoms. The lowest BCUT2D eigenvalue weighted by molar-refractivity contribution is -0.122. The number of sulfonamides is 1. The van der Waals surface area contributed by atoms with Crippen LogP contribution in [-0.4, -0.2) is 64.7 Å². The molecule has 0 radical (unpaired) electrons. The van der Waals surface area contributed by atoms with Crippen LogP contribution >= 0.6 is 0 Å². The smallest absolute Gasteiger partial charge is 0.265 e. The third kappa shape index (κ3) is 3.86. The van der Waals surface area contributed by atoms with E-state index in [-0.39, 0.29) is 10.8 Å². The number of anilines is 1. The van der Waals surface area contributed by atoms with Gasteiger partial charge in [0.1, 0.15) is 5.75 Å². The Morgan fingerprint density at radius 1 is 1.33 bits per heavy atom. The Hall–Kier alpha value is -1.68. The summed E-state index contributed by atoms with van der Waals surface area (Å²) in [6.07, 6.45) is -0.591. The molecule has 1 aromatic carbocycles. The van der Waals surface area contributed by atoms with Gasteiger partial charge in [-0.15, -0.1) is 0 Å². The van der Waals surface area contributed by atoms with E-state index in [1.807, 2.05) is 0 Å². The molecule has 0 saturated carbocycles. The summed E-state index contributed by atoms with van der Waals surface area (Å²) in [5.74, 6) is 0.173. The monoisotopic (exact) mass is 355 g/mol. The molecule has 24 heavy (non-hydrogen) atoms. The minimum Gasteiger partial charge on any atom is -0.479 e. The van der Waals surface area contributed by atoms with Gasteiger partial charge in [0, 0.05) is 26.2 Å². The molecule has 1 atom stereocenters. The second-order valence-electron chi connectivity index (χ2n) is 5.76. The van der Waals surface area contributed by atoms with Crippen LogP contribution in [0.15, 0.2) is 23.1 Å². The highest BCUT2D eigenvalue weighted by molar-refractivity contribution is 7.89. The molecule has 1 unspecified atom stereocenters. The van der Waals surface area contributed by atoms with Gasteiger partial charge in [-0.25, -0.2) is 13.1 Å². The van der Waals surface area contributed by atoms with Gasteiger partial charge >= 0.3 is 0 Å². The highest BCUT2D eigenvalue weighted by Gasteiger charge is 2.25. The Labute approximate surface area is 141 Å². The van der Waals surface area contributed by atoms with Crippen molar-refractivity contribution in [3.8, 4) is 5.75 Å². The van der Waals surface area contributed by atoms with Crippen LogP contribution in [0, 0.1) is 0 Å². The first kappa shape index (κ1) is 17.2. The summed E-state index contributed by atoms with van der Waals surface area (Å²) in [4.78, 5) is 13.9. The standard InChI is InChI=1S/C15H21N3O5S/c1-11-15(19)17-13-10-12(2-3-14(13)23-11)24(20,21)16-4-5-18-6-8-22-9-7-18/h2-3,10-11,16H,4-9H2,1H3,(H,17,19). The maximum absolute atomic E-state index is 12.4. The molecular weight excluding hydrogens is 334 g/mol. The average molecular weight is 355 g/mol. The Balaban J connectivity index is 1.64. The molecule has 0 aromatic heterocycles. The summed E-state index contributed by atoms with van der Waals surface area (Å²) < 4.78 is 38.1. The summed E-state index contributed by atoms with van der Waals surface area (Å²) in [6, 6.07) is 4.44. The van der Waals surface area contributed by atoms with Gasteiger partial charge in [-0.05, 0) is 25.1 Å². The fourth-order valence-electron chi connectivity index (χ4n) is 2.60. The van der Waals surface area contributed by atoms with Gasteiger partial charge in [-0.3, -0.25) is 9.69 Å². The van der Waals surface area contributed by atoms with Crippen LogP contribution in [0.1, 0.15) is 6.92 Å². The second-order valence-corrected chi connectivity index (χ2v) is 7.53. The van der Waals surface area contributed by atoms with Crippen LogP contribution in [0.2, 0.25) is 0 Å². The van der Waals surface area contributed by atoms with Crippen molar-refractivity contribution in [2.75, 3.05) is 44.7 Å². The van der Waals surface area contributed by atoms with Crippen LogP contribution in [0.25, 0.3) is 0 Å². The number of benzene rings is 1. The number of hydrogen-bond acceptors (Lipinski definition) is 6. The first-order valence-corrected chi connectivity index (χ1v) is 9.35. The topological polar surface area (TPSA) is 97.0 Å². The van der Waals surface area contributed by atoms with Gasteiger partial charge in [0.15, 0.2) is 6.10 Å². The summed E-state index contributed by atoms with van der Waals surface area (Å²) >= 11 is 0. The third-order valence-corrected chi connectivity index (χ3v) is 5.47. The number of ether oxygens (including phenoxy) is 2. The molecule has 1 amide bonds. The zero-order valence-corrected chi connectivity index (χ0v) is 14.3. The lowest BCUT2D eigenvalue weighted by Crippen LogP contribution is -2.41. The van der Waals surface area contributed by atoms with E-state index in [2.05, 4.69) is 14.9 Å². The maximum Gasteiger partial charge on any atom is 0.265 e. The largest absolute Gasteiger partial charge is 0.479 e. The van der Waals surface area contributed by atoms with Gasteiger partial charge in [0.05, 0.1) is 23.8 Å². The molecule has 1 aromatic rings. The number of carbonyl (C=O) groups excluding carboxylic acids is 1. The van der Waals surface area contributed by atoms with E-state index >= 15 is 0 Å². The molecule has 1 fully saturated rings. The van der Waals surface area contributed by atoms with Gasteiger partial charge in [0.25, 0.3) is 5.91 Å². The van der Waals surface area contributed by atoms with Crippen molar-refractivity contribution in [2.24, 2.45) is 0 Å². The van der Waals surface area contributed by atoms with E-state index in [1.165, 1.54) is 12.1 Å². The normalized spacial score (nSPS) is 21.7. The van der Waals surface area contributed by atoms with Crippen LogP contribution in [0.3, 0.4) is 0 Å². The Bertz CT molecular complexity index is 716. The first-order chi connectivity index (χ1) is 11.5. The van der Waals surface area contributed by atoms with Crippen molar-refractivity contribution in [1.29, 1.82) is 0 Å². The highest BCUT2D eigenvalue weighted by atomic mass is 32.2. The van der Waals surface area contributed by atoms with E-state index in [4.69, 9.17) is 9.47 Å². The number of morpholine rings is 1. The average Bonchev–Trinajstić information content (AvgIpc) is 2.56. The number of carbonyl (C=O) groups is 1. The Morgan fingerprint density at radius 3 is 2.83 bits per heavy atom. The Kier molecular flexibility index (Phi) is 5.04. The van der Waals surface area contributed by atoms with Gasteiger partial charge in [-0.1, -0.05) is 0 Å². The number of amides is 1. The minimum absolute atomic E-state index is 0.0988. The van der Waals surface area contributed by atoms with Gasteiger partial charge < -0.3 is 14.8 Å². The summed E-state index contributed by atoms with van der Waals surface area (Å²) in [6.45, 7) is 5.55. The van der Waals surface area contributed by atoms with Crippen LogP contribution in [-0.2, 0) is 19.6 Å². The molecule has 3 rings (SSSR count). The second kappa shape index (κ2) is 7.06.